The molecule has 3 heterocycles. The Balaban J connectivity index is 1.89. The number of imidazole rings is 1. The summed E-state index contributed by atoms with van der Waals surface area (Å²) in [6.07, 6.45) is -3.14. The number of rotatable bonds is 4. The summed E-state index contributed by atoms with van der Waals surface area (Å²) in [6, 6.07) is 0. The first-order chi connectivity index (χ1) is 11.2. The van der Waals surface area contributed by atoms with Crippen molar-refractivity contribution in [3.8, 4) is 0 Å². The van der Waals surface area contributed by atoms with Crippen molar-refractivity contribution in [3.63, 3.8) is 0 Å². The van der Waals surface area contributed by atoms with E-state index in [2.05, 4.69) is 14.5 Å². The molecule has 1 aliphatic rings. The zero-order valence-corrected chi connectivity index (χ0v) is 12.8. The number of fused-ring (bicyclic) bond motifs is 1. The molecule has 14 heteroatoms. The maximum Gasteiger partial charge on any atom is 0.469 e. The molecule has 0 aromatic carbocycles. The summed E-state index contributed by atoms with van der Waals surface area (Å²) in [5.41, 5.74) is -0.202. The minimum absolute atomic E-state index is 0.0280. The topological polar surface area (TPSA) is 196 Å². The molecule has 6 N–H and O–H groups in total. The van der Waals surface area contributed by atoms with Gasteiger partial charge in [-0.05, 0) is 0 Å². The fraction of sp³-hybridized carbons (Fsp3) is 0.500. The number of nitrogens with one attached hydrogen (secondary N) is 1. The second kappa shape index (κ2) is 5.89. The number of nitrogens with zero attached hydrogens (tertiary/aromatic N) is 4. The second-order valence-electron chi connectivity index (χ2n) is 5.09. The highest BCUT2D eigenvalue weighted by molar-refractivity contribution is 7.46. The molecule has 1 fully saturated rings. The molecule has 3 rings (SSSR count). The minimum atomic E-state index is -4.76. The number of hydrogen-bond donors (Lipinski definition) is 6. The molecule has 2 aromatic rings. The van der Waals surface area contributed by atoms with E-state index in [-0.39, 0.29) is 16.7 Å². The molecule has 0 amide bonds. The van der Waals surface area contributed by atoms with E-state index in [1.54, 1.807) is 0 Å². The van der Waals surface area contributed by atoms with Crippen molar-refractivity contribution >= 4 is 19.0 Å². The van der Waals surface area contributed by atoms with E-state index >= 15 is 0 Å². The third kappa shape index (κ3) is 2.93. The average molecular weight is 363 g/mol. The molecule has 1 saturated heterocycles. The van der Waals surface area contributed by atoms with Crippen molar-refractivity contribution in [2.75, 3.05) is 6.61 Å². The Bertz CT molecular complexity index is 861. The maximum absolute atomic E-state index is 10.7. The van der Waals surface area contributed by atoms with Gasteiger partial charge in [0.2, 0.25) is 0 Å². The Morgan fingerprint density at radius 2 is 2.00 bits per heavy atom. The summed E-state index contributed by atoms with van der Waals surface area (Å²) >= 11 is 0. The molecular weight excluding hydrogens is 349 g/mol. The first-order valence-electron chi connectivity index (χ1n) is 6.59. The summed E-state index contributed by atoms with van der Waals surface area (Å²) in [6.45, 7) is -0.639. The summed E-state index contributed by atoms with van der Waals surface area (Å²) in [4.78, 5) is 25.2. The first-order valence-corrected chi connectivity index (χ1v) is 8.12. The summed E-state index contributed by atoms with van der Waals surface area (Å²) < 4.78 is 22.1. The maximum atomic E-state index is 10.7. The van der Waals surface area contributed by atoms with Gasteiger partial charge in [-0.15, -0.1) is 0 Å². The first kappa shape index (κ1) is 17.0. The number of aromatic nitrogens is 4. The molecule has 0 saturated carbocycles. The van der Waals surface area contributed by atoms with Crippen LogP contribution in [0.2, 0.25) is 0 Å². The van der Waals surface area contributed by atoms with Crippen LogP contribution in [0.4, 0.5) is 0 Å². The fourth-order valence-corrected chi connectivity index (χ4v) is 2.72. The Morgan fingerprint density at radius 3 is 2.67 bits per heavy atom. The molecule has 132 valence electrons. The largest absolute Gasteiger partial charge is 0.469 e. The zero-order chi connectivity index (χ0) is 17.6. The zero-order valence-electron chi connectivity index (χ0n) is 11.9. The van der Waals surface area contributed by atoms with E-state index in [0.29, 0.717) is 4.73 Å². The number of hydrogen-bond acceptors (Lipinski definition) is 9. The van der Waals surface area contributed by atoms with Crippen LogP contribution in [-0.4, -0.2) is 69.4 Å². The van der Waals surface area contributed by atoms with Crippen molar-refractivity contribution in [1.82, 2.24) is 19.3 Å². The van der Waals surface area contributed by atoms with Gasteiger partial charge in [0.1, 0.15) is 24.6 Å². The predicted octanol–water partition coefficient (Wildman–Crippen LogP) is -2.32. The average Bonchev–Trinajstić information content (AvgIpc) is 3.04. The van der Waals surface area contributed by atoms with Crippen molar-refractivity contribution in [2.45, 2.75) is 24.5 Å². The standard InChI is InChI=1S/C10H14N5O8P/c11-8-5-9(13-3-15(8)18)14(2-12-5)10-7(17)6(16)4(23-10)1-22-24(19,20)21/h2-4,6-7,10-11,16-18H,1H2,(H2,19,20,21)/t4-,6-,7-,10-/m1/s1. The van der Waals surface area contributed by atoms with Crippen molar-refractivity contribution in [3.05, 3.63) is 18.1 Å². The lowest BCUT2D eigenvalue weighted by Gasteiger charge is -2.16. The van der Waals surface area contributed by atoms with E-state index in [1.165, 1.54) is 10.9 Å². The smallest absolute Gasteiger partial charge is 0.425 e. The predicted molar refractivity (Wildman–Crippen MR) is 72.5 cm³/mol. The highest BCUT2D eigenvalue weighted by Gasteiger charge is 2.45. The highest BCUT2D eigenvalue weighted by Crippen LogP contribution is 2.38. The quantitative estimate of drug-likeness (QED) is 0.253. The van der Waals surface area contributed by atoms with Crippen molar-refractivity contribution in [2.24, 2.45) is 0 Å². The molecule has 0 spiro atoms. The van der Waals surface area contributed by atoms with Gasteiger partial charge in [0, 0.05) is 0 Å². The molecular formula is C10H14N5O8P. The molecule has 0 bridgehead atoms. The molecule has 1 aliphatic heterocycles. The number of phosphoric ester groups is 1. The molecule has 13 nitrogen and oxygen atoms in total. The molecule has 0 radical (unpaired) electrons. The molecule has 24 heavy (non-hydrogen) atoms. The number of aliphatic hydroxyl groups is 2. The van der Waals surface area contributed by atoms with Crippen LogP contribution in [-0.2, 0) is 13.8 Å². The van der Waals surface area contributed by atoms with Gasteiger partial charge in [-0.3, -0.25) is 14.5 Å². The fourth-order valence-electron chi connectivity index (χ4n) is 2.38. The Labute approximate surface area is 133 Å². The van der Waals surface area contributed by atoms with Gasteiger partial charge < -0.3 is 29.9 Å². The van der Waals surface area contributed by atoms with Gasteiger partial charge in [0.05, 0.1) is 12.9 Å². The molecule has 0 unspecified atom stereocenters. The van der Waals surface area contributed by atoms with Gasteiger partial charge in [-0.2, -0.15) is 4.73 Å². The van der Waals surface area contributed by atoms with Crippen LogP contribution < -0.4 is 5.49 Å². The van der Waals surface area contributed by atoms with Crippen LogP contribution in [0.1, 0.15) is 6.23 Å². The molecule has 4 atom stereocenters. The third-order valence-electron chi connectivity index (χ3n) is 3.53. The monoisotopic (exact) mass is 363 g/mol. The van der Waals surface area contributed by atoms with Crippen LogP contribution in [0.15, 0.2) is 12.7 Å². The lowest BCUT2D eigenvalue weighted by atomic mass is 10.1. The Hall–Kier alpha value is -1.86. The Morgan fingerprint density at radius 1 is 1.29 bits per heavy atom. The van der Waals surface area contributed by atoms with Crippen LogP contribution in [0.25, 0.3) is 11.2 Å². The number of aliphatic hydroxyl groups excluding tert-OH is 2. The van der Waals surface area contributed by atoms with Gasteiger partial charge in [-0.1, -0.05) is 0 Å². The number of ether oxygens (including phenoxy) is 1. The van der Waals surface area contributed by atoms with Crippen LogP contribution in [0.5, 0.6) is 0 Å². The van der Waals surface area contributed by atoms with E-state index < -0.39 is 39.0 Å². The lowest BCUT2D eigenvalue weighted by molar-refractivity contribution is -0.0504. The minimum Gasteiger partial charge on any atom is -0.425 e. The van der Waals surface area contributed by atoms with E-state index in [0.717, 1.165) is 6.33 Å². The van der Waals surface area contributed by atoms with E-state index in [9.17, 15) is 20.0 Å². The summed E-state index contributed by atoms with van der Waals surface area (Å²) in [5, 5.41) is 37.1. The lowest BCUT2D eigenvalue weighted by Crippen LogP contribution is -2.33. The van der Waals surface area contributed by atoms with Crippen LogP contribution >= 0.6 is 7.82 Å². The van der Waals surface area contributed by atoms with E-state index in [1.807, 2.05) is 0 Å². The van der Waals surface area contributed by atoms with Gasteiger partial charge >= 0.3 is 7.82 Å². The van der Waals surface area contributed by atoms with Crippen LogP contribution in [0, 0.1) is 5.41 Å². The summed E-state index contributed by atoms with van der Waals surface area (Å²) in [5.74, 6) is 0. The highest BCUT2D eigenvalue weighted by atomic mass is 31.2. The SMILES string of the molecule is N=c1c2ncn([C@@H]3O[C@H](COP(=O)(O)O)[C@@H](O)[C@H]3O)c2ncn1O. The molecule has 0 aliphatic carbocycles. The normalized spacial score (nSPS) is 27.8. The van der Waals surface area contributed by atoms with Gasteiger partial charge in [0.15, 0.2) is 22.9 Å². The third-order valence-corrected chi connectivity index (χ3v) is 4.01. The van der Waals surface area contributed by atoms with Gasteiger partial charge in [0.25, 0.3) is 0 Å². The van der Waals surface area contributed by atoms with Crippen LogP contribution in [0.3, 0.4) is 0 Å². The number of phosphoric acid groups is 1. The summed E-state index contributed by atoms with van der Waals surface area (Å²) in [7, 11) is -4.76. The van der Waals surface area contributed by atoms with Crippen molar-refractivity contribution < 1.29 is 39.0 Å². The van der Waals surface area contributed by atoms with E-state index in [4.69, 9.17) is 19.9 Å². The second-order valence-corrected chi connectivity index (χ2v) is 6.33. The Kier molecular flexibility index (Phi) is 4.17. The van der Waals surface area contributed by atoms with Gasteiger partial charge in [-0.25, -0.2) is 14.5 Å². The molecule has 2 aromatic heterocycles. The van der Waals surface area contributed by atoms with Crippen molar-refractivity contribution in [1.29, 1.82) is 5.41 Å².